The molecule has 2 aliphatic rings. The van der Waals surface area contributed by atoms with Crippen molar-refractivity contribution in [2.24, 2.45) is 0 Å². The Bertz CT molecular complexity index is 812. The van der Waals surface area contributed by atoms with E-state index in [4.69, 9.17) is 9.72 Å². The average Bonchev–Trinajstić information content (AvgIpc) is 3.08. The Morgan fingerprint density at radius 1 is 1.27 bits per heavy atom. The lowest BCUT2D eigenvalue weighted by atomic mass is 10.1. The molecule has 2 aromatic rings. The Labute approximate surface area is 157 Å². The predicted octanol–water partition coefficient (Wildman–Crippen LogP) is 2.78. The molecule has 4 heterocycles. The van der Waals surface area contributed by atoms with Crippen molar-refractivity contribution < 1.29 is 9.53 Å². The molecule has 0 aliphatic carbocycles. The maximum absolute atomic E-state index is 12.7. The van der Waals surface area contributed by atoms with Gasteiger partial charge in [0, 0.05) is 37.1 Å². The first-order chi connectivity index (χ1) is 12.6. The molecule has 0 unspecified atom stereocenters. The maximum Gasteiger partial charge on any atom is 0.258 e. The molecular weight excluding hydrogens is 348 g/mol. The number of nitrogens with one attached hydrogen (secondary N) is 1. The number of ether oxygens (including phenoxy) is 1. The molecule has 138 valence electrons. The van der Waals surface area contributed by atoms with Crippen LogP contribution in [0.5, 0.6) is 5.06 Å². The number of hydrogen-bond donors (Lipinski definition) is 1. The Morgan fingerprint density at radius 3 is 2.88 bits per heavy atom. The minimum absolute atomic E-state index is 0.103. The first-order valence-corrected chi connectivity index (χ1v) is 9.95. The fourth-order valence-electron chi connectivity index (χ4n) is 3.44. The van der Waals surface area contributed by atoms with Crippen LogP contribution in [0.2, 0.25) is 0 Å². The molecule has 1 N–H and O–H groups in total. The highest BCUT2D eigenvalue weighted by molar-refractivity contribution is 7.12. The first-order valence-electron chi connectivity index (χ1n) is 9.07. The van der Waals surface area contributed by atoms with E-state index in [1.54, 1.807) is 0 Å². The van der Waals surface area contributed by atoms with Crippen LogP contribution in [0, 0.1) is 6.92 Å². The van der Waals surface area contributed by atoms with Gasteiger partial charge in [0.1, 0.15) is 11.6 Å². The van der Waals surface area contributed by atoms with Gasteiger partial charge >= 0.3 is 0 Å². The standard InChI is InChI=1S/C19H24N4O2S/c1-13-5-6-16(20-17(13)23-9-7-22(2)8-10-23)21-18(24)15-12-26-19-14(15)4-3-11-25-19/h5-6,12H,3-4,7-11H2,1-2H3,(H,20,21,24). The number of rotatable bonds is 3. The predicted molar refractivity (Wildman–Crippen MR) is 105 cm³/mol. The topological polar surface area (TPSA) is 57.7 Å². The summed E-state index contributed by atoms with van der Waals surface area (Å²) in [7, 11) is 2.14. The number of nitrogens with zero attached hydrogens (tertiary/aromatic N) is 3. The molecule has 1 amide bonds. The molecule has 7 heteroatoms. The van der Waals surface area contributed by atoms with Crippen LogP contribution >= 0.6 is 11.3 Å². The number of thiophene rings is 1. The molecule has 2 aromatic heterocycles. The first kappa shape index (κ1) is 17.3. The van der Waals surface area contributed by atoms with Crippen LogP contribution < -0.4 is 15.0 Å². The summed E-state index contributed by atoms with van der Waals surface area (Å²) in [4.78, 5) is 22.1. The third-order valence-electron chi connectivity index (χ3n) is 5.02. The van der Waals surface area contributed by atoms with E-state index in [1.165, 1.54) is 11.3 Å². The molecule has 0 spiro atoms. The number of aromatic nitrogens is 1. The number of pyridine rings is 1. The highest BCUT2D eigenvalue weighted by Gasteiger charge is 2.22. The number of amides is 1. The quantitative estimate of drug-likeness (QED) is 0.898. The monoisotopic (exact) mass is 372 g/mol. The lowest BCUT2D eigenvalue weighted by Gasteiger charge is -2.34. The molecular formula is C19H24N4O2S. The molecule has 0 atom stereocenters. The zero-order valence-corrected chi connectivity index (χ0v) is 16.1. The Balaban J connectivity index is 1.52. The van der Waals surface area contributed by atoms with Gasteiger partial charge in [-0.3, -0.25) is 4.79 Å². The van der Waals surface area contributed by atoms with Gasteiger partial charge in [0.25, 0.3) is 5.91 Å². The Hall–Kier alpha value is -2.12. The number of hydrogen-bond acceptors (Lipinski definition) is 6. The van der Waals surface area contributed by atoms with Gasteiger partial charge in [0.05, 0.1) is 12.2 Å². The van der Waals surface area contributed by atoms with Gasteiger partial charge in [-0.25, -0.2) is 4.98 Å². The second kappa shape index (κ2) is 7.25. The molecule has 6 nitrogen and oxygen atoms in total. The number of carbonyl (C=O) groups excluding carboxylic acids is 1. The Morgan fingerprint density at radius 2 is 2.08 bits per heavy atom. The van der Waals surface area contributed by atoms with Gasteiger partial charge in [0.2, 0.25) is 0 Å². The molecule has 0 radical (unpaired) electrons. The summed E-state index contributed by atoms with van der Waals surface area (Å²) in [5.74, 6) is 1.46. The number of likely N-dealkylation sites (N-methyl/N-ethyl adjacent to an activating group) is 1. The second-order valence-corrected chi connectivity index (χ2v) is 7.79. The van der Waals surface area contributed by atoms with E-state index in [1.807, 2.05) is 17.5 Å². The van der Waals surface area contributed by atoms with Crippen molar-refractivity contribution >= 4 is 28.9 Å². The van der Waals surface area contributed by atoms with Crippen LogP contribution in [-0.4, -0.2) is 55.6 Å². The van der Waals surface area contributed by atoms with Crippen molar-refractivity contribution in [2.75, 3.05) is 50.1 Å². The van der Waals surface area contributed by atoms with Crippen LogP contribution in [-0.2, 0) is 6.42 Å². The van der Waals surface area contributed by atoms with Crippen LogP contribution in [0.15, 0.2) is 17.5 Å². The third kappa shape index (κ3) is 3.41. The fraction of sp³-hybridized carbons (Fsp3) is 0.474. The molecule has 0 bridgehead atoms. The van der Waals surface area contributed by atoms with Crippen LogP contribution in [0.4, 0.5) is 11.6 Å². The van der Waals surface area contributed by atoms with Crippen LogP contribution in [0.25, 0.3) is 0 Å². The summed E-state index contributed by atoms with van der Waals surface area (Å²) < 4.78 is 5.64. The normalized spacial score (nSPS) is 17.5. The molecule has 1 fully saturated rings. The summed E-state index contributed by atoms with van der Waals surface area (Å²) in [6, 6.07) is 3.91. The van der Waals surface area contributed by atoms with E-state index in [2.05, 4.69) is 29.1 Å². The summed E-state index contributed by atoms with van der Waals surface area (Å²) >= 11 is 1.50. The van der Waals surface area contributed by atoms with E-state index in [0.29, 0.717) is 11.4 Å². The van der Waals surface area contributed by atoms with Crippen molar-refractivity contribution in [2.45, 2.75) is 19.8 Å². The van der Waals surface area contributed by atoms with Gasteiger partial charge in [-0.1, -0.05) is 6.07 Å². The molecule has 2 aliphatic heterocycles. The molecule has 1 saturated heterocycles. The van der Waals surface area contributed by atoms with Gasteiger partial charge in [-0.2, -0.15) is 0 Å². The largest absolute Gasteiger partial charge is 0.484 e. The van der Waals surface area contributed by atoms with E-state index in [9.17, 15) is 4.79 Å². The number of aryl methyl sites for hydroxylation is 1. The summed E-state index contributed by atoms with van der Waals surface area (Å²) in [5.41, 5.74) is 2.88. The zero-order valence-electron chi connectivity index (χ0n) is 15.2. The molecule has 26 heavy (non-hydrogen) atoms. The van der Waals surface area contributed by atoms with Crippen LogP contribution in [0.1, 0.15) is 27.9 Å². The van der Waals surface area contributed by atoms with Crippen molar-refractivity contribution in [1.29, 1.82) is 0 Å². The highest BCUT2D eigenvalue weighted by Crippen LogP contribution is 2.35. The molecule has 4 rings (SSSR count). The lowest BCUT2D eigenvalue weighted by Crippen LogP contribution is -2.45. The van der Waals surface area contributed by atoms with E-state index < -0.39 is 0 Å². The second-order valence-electron chi connectivity index (χ2n) is 6.95. The smallest absolute Gasteiger partial charge is 0.258 e. The van der Waals surface area contributed by atoms with Gasteiger partial charge < -0.3 is 19.9 Å². The maximum atomic E-state index is 12.7. The minimum atomic E-state index is -0.103. The van der Waals surface area contributed by atoms with Gasteiger partial charge in [0.15, 0.2) is 5.06 Å². The highest BCUT2D eigenvalue weighted by atomic mass is 32.1. The number of carbonyl (C=O) groups is 1. The fourth-order valence-corrected chi connectivity index (χ4v) is 4.42. The van der Waals surface area contributed by atoms with E-state index in [-0.39, 0.29) is 5.91 Å². The van der Waals surface area contributed by atoms with Crippen molar-refractivity contribution in [1.82, 2.24) is 9.88 Å². The minimum Gasteiger partial charge on any atom is -0.484 e. The van der Waals surface area contributed by atoms with E-state index in [0.717, 1.165) is 67.6 Å². The molecule has 0 saturated carbocycles. The number of anilines is 2. The average molecular weight is 372 g/mol. The van der Waals surface area contributed by atoms with Crippen molar-refractivity contribution in [3.8, 4) is 5.06 Å². The van der Waals surface area contributed by atoms with Gasteiger partial charge in [-0.05, 0) is 38.4 Å². The van der Waals surface area contributed by atoms with E-state index >= 15 is 0 Å². The van der Waals surface area contributed by atoms with Crippen LogP contribution in [0.3, 0.4) is 0 Å². The van der Waals surface area contributed by atoms with Crippen molar-refractivity contribution in [3.05, 3.63) is 34.2 Å². The number of fused-ring (bicyclic) bond motifs is 1. The Kier molecular flexibility index (Phi) is 4.82. The zero-order chi connectivity index (χ0) is 18.1. The summed E-state index contributed by atoms with van der Waals surface area (Å²) in [5, 5.41) is 5.75. The number of piperazine rings is 1. The lowest BCUT2D eigenvalue weighted by molar-refractivity contribution is 0.102. The summed E-state index contributed by atoms with van der Waals surface area (Å²) in [6.45, 7) is 6.77. The molecule has 0 aromatic carbocycles. The third-order valence-corrected chi connectivity index (χ3v) is 5.95. The van der Waals surface area contributed by atoms with Gasteiger partial charge in [-0.15, -0.1) is 11.3 Å². The summed E-state index contributed by atoms with van der Waals surface area (Å²) in [6.07, 6.45) is 1.86. The van der Waals surface area contributed by atoms with Crippen molar-refractivity contribution in [3.63, 3.8) is 0 Å². The SMILES string of the molecule is Cc1ccc(NC(=O)c2csc3c2CCCO3)nc1N1CCN(C)CC1.